The minimum Gasteiger partial charge on any atom is -0.475 e. The largest absolute Gasteiger partial charge is 0.490 e. The number of alkyl halides is 3. The van der Waals surface area contributed by atoms with Crippen LogP contribution in [0.1, 0.15) is 45.9 Å². The van der Waals surface area contributed by atoms with Crippen molar-refractivity contribution >= 4 is 23.9 Å². The number of rotatable bonds is 7. The van der Waals surface area contributed by atoms with E-state index in [9.17, 15) is 22.8 Å². The van der Waals surface area contributed by atoms with E-state index in [0.717, 1.165) is 11.6 Å². The van der Waals surface area contributed by atoms with Gasteiger partial charge in [-0.2, -0.15) is 13.2 Å². The Kier molecular flexibility index (Phi) is 11.0. The Labute approximate surface area is 182 Å². The molecule has 0 spiro atoms. The average molecular weight is 464 g/mol. The van der Waals surface area contributed by atoms with Crippen molar-refractivity contribution in [1.82, 2.24) is 21.3 Å². The summed E-state index contributed by atoms with van der Waals surface area (Å²) in [4.78, 5) is 41.2. The van der Waals surface area contributed by atoms with Gasteiger partial charge in [0.05, 0.1) is 12.2 Å². The third-order valence-electron chi connectivity index (χ3n) is 3.24. The van der Waals surface area contributed by atoms with Crippen molar-refractivity contribution < 1.29 is 42.7 Å². The number of pyridine rings is 1. The van der Waals surface area contributed by atoms with Gasteiger partial charge in [0.1, 0.15) is 5.54 Å². The highest BCUT2D eigenvalue weighted by molar-refractivity contribution is 5.90. The topological polar surface area (TPSA) is 150 Å². The van der Waals surface area contributed by atoms with E-state index in [2.05, 4.69) is 15.8 Å². The van der Waals surface area contributed by atoms with Crippen LogP contribution in [-0.2, 0) is 25.8 Å². The summed E-state index contributed by atoms with van der Waals surface area (Å²) >= 11 is 0. The summed E-state index contributed by atoms with van der Waals surface area (Å²) in [5, 5.41) is 18.7. The fraction of sp³-hybridized carbons (Fsp3) is 0.474. The average Bonchev–Trinajstić information content (AvgIpc) is 2.64. The maximum Gasteiger partial charge on any atom is 0.490 e. The number of aliphatic carboxylic acids is 1. The number of halogens is 3. The van der Waals surface area contributed by atoms with Crippen LogP contribution in [0.3, 0.4) is 0 Å². The van der Waals surface area contributed by atoms with Crippen LogP contribution in [0.25, 0.3) is 6.08 Å². The van der Waals surface area contributed by atoms with E-state index >= 15 is 0 Å². The van der Waals surface area contributed by atoms with Gasteiger partial charge in [-0.15, -0.1) is 5.48 Å². The van der Waals surface area contributed by atoms with Crippen LogP contribution >= 0.6 is 0 Å². The third-order valence-corrected chi connectivity index (χ3v) is 3.24. The zero-order valence-electron chi connectivity index (χ0n) is 18.2. The minimum absolute atomic E-state index is 0.220. The summed E-state index contributed by atoms with van der Waals surface area (Å²) in [6.07, 6.45) is -0.869. The Balaban J connectivity index is 0.00000118. The molecule has 1 heterocycles. The first-order valence-electron chi connectivity index (χ1n) is 9.08. The zero-order valence-corrected chi connectivity index (χ0v) is 18.2. The molecule has 1 rings (SSSR count). The molecule has 1 aromatic heterocycles. The Morgan fingerprint density at radius 2 is 1.69 bits per heavy atom. The molecule has 0 unspecified atom stereocenters. The Morgan fingerprint density at radius 1 is 1.12 bits per heavy atom. The van der Waals surface area contributed by atoms with Crippen LogP contribution in [0.5, 0.6) is 0 Å². The summed E-state index contributed by atoms with van der Waals surface area (Å²) in [5.74, 6) is -3.80. The maximum absolute atomic E-state index is 12.1. The van der Waals surface area contributed by atoms with Crippen molar-refractivity contribution in [2.45, 2.75) is 58.4 Å². The van der Waals surface area contributed by atoms with Crippen LogP contribution < -0.4 is 16.3 Å². The van der Waals surface area contributed by atoms with Gasteiger partial charge in [-0.05, 0) is 52.3 Å². The molecule has 1 amide bonds. The fourth-order valence-electron chi connectivity index (χ4n) is 2.14. The van der Waals surface area contributed by atoms with Crippen LogP contribution in [0.15, 0.2) is 24.4 Å². The predicted molar refractivity (Wildman–Crippen MR) is 107 cm³/mol. The minimum atomic E-state index is -5.08. The molecule has 13 heteroatoms. The molecule has 180 valence electrons. The number of carbonyl (C=O) groups is 3. The molecule has 0 radical (unpaired) electrons. The van der Waals surface area contributed by atoms with Crippen molar-refractivity contribution in [3.05, 3.63) is 35.7 Å². The lowest BCUT2D eigenvalue weighted by Crippen LogP contribution is -2.56. The Morgan fingerprint density at radius 3 is 2.09 bits per heavy atom. The van der Waals surface area contributed by atoms with Crippen LogP contribution in [0, 0.1) is 0 Å². The Hall–Kier alpha value is -3.03. The summed E-state index contributed by atoms with van der Waals surface area (Å²) in [7, 11) is 0. The molecule has 0 saturated carbocycles. The highest BCUT2D eigenvalue weighted by atomic mass is 19.4. The number of hydrogen-bond donors (Lipinski definition) is 5. The van der Waals surface area contributed by atoms with E-state index in [-0.39, 0.29) is 5.54 Å². The van der Waals surface area contributed by atoms with Crippen molar-refractivity contribution in [3.8, 4) is 0 Å². The maximum atomic E-state index is 12.1. The van der Waals surface area contributed by atoms with E-state index < -0.39 is 29.6 Å². The Bertz CT molecular complexity index is 803. The lowest BCUT2D eigenvalue weighted by molar-refractivity contribution is -0.192. The first-order valence-corrected chi connectivity index (χ1v) is 9.08. The van der Waals surface area contributed by atoms with Gasteiger partial charge in [-0.25, -0.2) is 15.1 Å². The molecular formula is C19H27F3N4O6. The smallest absolute Gasteiger partial charge is 0.475 e. The van der Waals surface area contributed by atoms with Gasteiger partial charge in [0, 0.05) is 17.8 Å². The second-order valence-corrected chi connectivity index (χ2v) is 7.91. The summed E-state index contributed by atoms with van der Waals surface area (Å²) in [6, 6.07) is 3.48. The van der Waals surface area contributed by atoms with Crippen LogP contribution in [0.2, 0.25) is 0 Å². The lowest BCUT2D eigenvalue weighted by atomic mass is 9.99. The van der Waals surface area contributed by atoms with E-state index in [1.54, 1.807) is 32.2 Å². The standard InChI is InChI=1S/C17H26N4O4.C2HF3O2/c1-16(2,3)21-17(4,5)15(23)25-19-11-12-6-7-13(18-10-12)8-9-14(22)20-24;3-2(4,5)1(6)7/h6-10,19,21,24H,11H2,1-5H3,(H,20,22);(H,6,7)/b9-8+;. The lowest BCUT2D eigenvalue weighted by Gasteiger charge is -2.32. The predicted octanol–water partition coefficient (Wildman–Crippen LogP) is 1.95. The number of amides is 1. The molecular weight excluding hydrogens is 437 g/mol. The van der Waals surface area contributed by atoms with E-state index in [0.29, 0.717) is 12.2 Å². The number of carboxylic acids is 1. The van der Waals surface area contributed by atoms with E-state index in [1.807, 2.05) is 20.8 Å². The third kappa shape index (κ3) is 12.6. The number of hydrogen-bond acceptors (Lipinski definition) is 8. The number of hydroxylamine groups is 2. The fourth-order valence-corrected chi connectivity index (χ4v) is 2.14. The molecule has 32 heavy (non-hydrogen) atoms. The number of carboxylic acid groups (broad SMARTS) is 1. The summed E-state index contributed by atoms with van der Waals surface area (Å²) < 4.78 is 31.7. The van der Waals surface area contributed by atoms with Gasteiger partial charge in [0.25, 0.3) is 5.91 Å². The van der Waals surface area contributed by atoms with Gasteiger partial charge in [0.2, 0.25) is 0 Å². The zero-order chi connectivity index (χ0) is 25.2. The quantitative estimate of drug-likeness (QED) is 0.232. The molecule has 0 aliphatic heterocycles. The molecule has 0 aliphatic rings. The van der Waals surface area contributed by atoms with Gasteiger partial charge in [0.15, 0.2) is 0 Å². The number of carbonyl (C=O) groups excluding carboxylic acids is 2. The summed E-state index contributed by atoms with van der Waals surface area (Å²) in [5.41, 5.74) is 4.43. The molecule has 0 aromatic carbocycles. The van der Waals surface area contributed by atoms with Gasteiger partial charge in [-0.1, -0.05) is 6.07 Å². The molecule has 0 bridgehead atoms. The SMILES string of the molecule is CC(C)(C)NC(C)(C)C(=O)ONCc1ccc(/C=C/C(=O)NO)nc1.O=C(O)C(F)(F)F. The molecule has 0 saturated heterocycles. The monoisotopic (exact) mass is 464 g/mol. The second kappa shape index (κ2) is 12.1. The molecule has 0 atom stereocenters. The van der Waals surface area contributed by atoms with Crippen LogP contribution in [0.4, 0.5) is 13.2 Å². The molecule has 10 nitrogen and oxygen atoms in total. The number of nitrogens with zero attached hydrogens (tertiary/aromatic N) is 1. The number of nitrogens with one attached hydrogen (secondary N) is 3. The summed E-state index contributed by atoms with van der Waals surface area (Å²) in [6.45, 7) is 9.73. The molecule has 1 aromatic rings. The van der Waals surface area contributed by atoms with Crippen LogP contribution in [-0.4, -0.2) is 50.4 Å². The first-order chi connectivity index (χ1) is 14.5. The van der Waals surface area contributed by atoms with Crippen molar-refractivity contribution in [2.24, 2.45) is 0 Å². The highest BCUT2D eigenvalue weighted by Gasteiger charge is 2.38. The van der Waals surface area contributed by atoms with E-state index in [4.69, 9.17) is 19.9 Å². The number of aromatic nitrogens is 1. The van der Waals surface area contributed by atoms with E-state index in [1.165, 1.54) is 11.6 Å². The van der Waals surface area contributed by atoms with Crippen molar-refractivity contribution in [1.29, 1.82) is 0 Å². The van der Waals surface area contributed by atoms with Crippen molar-refractivity contribution in [3.63, 3.8) is 0 Å². The first kappa shape index (κ1) is 29.0. The van der Waals surface area contributed by atoms with Crippen molar-refractivity contribution in [2.75, 3.05) is 0 Å². The normalized spacial score (nSPS) is 12.0. The van der Waals surface area contributed by atoms with Gasteiger partial charge < -0.3 is 9.94 Å². The molecule has 0 fully saturated rings. The molecule has 5 N–H and O–H groups in total. The highest BCUT2D eigenvalue weighted by Crippen LogP contribution is 2.13. The molecule has 0 aliphatic carbocycles. The van der Waals surface area contributed by atoms with Gasteiger partial charge in [-0.3, -0.25) is 20.3 Å². The second-order valence-electron chi connectivity index (χ2n) is 7.91. The van der Waals surface area contributed by atoms with Gasteiger partial charge >= 0.3 is 18.1 Å².